The average Bonchev–Trinajstić information content (AvgIpc) is 2.58. The topological polar surface area (TPSA) is 54.9 Å². The van der Waals surface area contributed by atoms with Crippen molar-refractivity contribution in [3.8, 4) is 0 Å². The third-order valence-corrected chi connectivity index (χ3v) is 3.90. The maximum atomic E-state index is 5.86. The van der Waals surface area contributed by atoms with E-state index in [-0.39, 0.29) is 0 Å². The largest absolute Gasteiger partial charge is 0.381 e. The van der Waals surface area contributed by atoms with Crippen LogP contribution in [0.15, 0.2) is 29.3 Å². The highest BCUT2D eigenvalue weighted by Gasteiger charge is 2.13. The SMILES string of the molecule is CN=C(NCCCOC1CCOCC1)NCc1cccc(C)c1. The number of hydrogen-bond donors (Lipinski definition) is 2. The van der Waals surface area contributed by atoms with Gasteiger partial charge in [0, 0.05) is 40.0 Å². The van der Waals surface area contributed by atoms with Gasteiger partial charge in [0.1, 0.15) is 0 Å². The van der Waals surface area contributed by atoms with Crippen LogP contribution in [-0.4, -0.2) is 45.5 Å². The molecule has 0 unspecified atom stereocenters. The quantitative estimate of drug-likeness (QED) is 0.460. The molecular weight excluding hydrogens is 290 g/mol. The lowest BCUT2D eigenvalue weighted by atomic mass is 10.1. The number of guanidine groups is 1. The van der Waals surface area contributed by atoms with Crippen LogP contribution >= 0.6 is 0 Å². The van der Waals surface area contributed by atoms with Crippen LogP contribution in [0, 0.1) is 6.92 Å². The van der Waals surface area contributed by atoms with E-state index in [0.717, 1.165) is 58.1 Å². The van der Waals surface area contributed by atoms with E-state index in [1.807, 2.05) is 0 Å². The van der Waals surface area contributed by atoms with Gasteiger partial charge in [0.05, 0.1) is 6.10 Å². The normalized spacial score (nSPS) is 16.3. The molecule has 23 heavy (non-hydrogen) atoms. The smallest absolute Gasteiger partial charge is 0.191 e. The van der Waals surface area contributed by atoms with Crippen molar-refractivity contribution in [1.29, 1.82) is 0 Å². The van der Waals surface area contributed by atoms with E-state index >= 15 is 0 Å². The first-order valence-electron chi connectivity index (χ1n) is 8.47. The molecular formula is C18H29N3O2. The lowest BCUT2D eigenvalue weighted by Crippen LogP contribution is -2.37. The van der Waals surface area contributed by atoms with E-state index in [0.29, 0.717) is 6.10 Å². The zero-order valence-electron chi connectivity index (χ0n) is 14.3. The Balaban J connectivity index is 1.57. The summed E-state index contributed by atoms with van der Waals surface area (Å²) in [6, 6.07) is 8.49. The molecule has 5 nitrogen and oxygen atoms in total. The Labute approximate surface area is 139 Å². The Kier molecular flexibility index (Phi) is 7.90. The van der Waals surface area contributed by atoms with Gasteiger partial charge in [-0.25, -0.2) is 0 Å². The van der Waals surface area contributed by atoms with Crippen LogP contribution in [0.2, 0.25) is 0 Å². The van der Waals surface area contributed by atoms with Crippen LogP contribution in [0.5, 0.6) is 0 Å². The van der Waals surface area contributed by atoms with Crippen LogP contribution in [0.25, 0.3) is 0 Å². The molecule has 2 rings (SSSR count). The number of aliphatic imine (C=N–C) groups is 1. The molecule has 1 heterocycles. The third-order valence-electron chi connectivity index (χ3n) is 3.90. The minimum atomic E-state index is 0.377. The first-order chi connectivity index (χ1) is 11.3. The minimum Gasteiger partial charge on any atom is -0.381 e. The zero-order valence-corrected chi connectivity index (χ0v) is 14.3. The summed E-state index contributed by atoms with van der Waals surface area (Å²) in [4.78, 5) is 4.25. The number of hydrogen-bond acceptors (Lipinski definition) is 3. The van der Waals surface area contributed by atoms with Crippen molar-refractivity contribution in [1.82, 2.24) is 10.6 Å². The Morgan fingerprint density at radius 1 is 1.30 bits per heavy atom. The number of nitrogens with one attached hydrogen (secondary N) is 2. The summed E-state index contributed by atoms with van der Waals surface area (Å²) in [7, 11) is 1.80. The maximum absolute atomic E-state index is 5.86. The molecule has 1 saturated heterocycles. The fraction of sp³-hybridized carbons (Fsp3) is 0.611. The summed E-state index contributed by atoms with van der Waals surface area (Å²) in [5.74, 6) is 0.831. The molecule has 1 fully saturated rings. The second-order valence-corrected chi connectivity index (χ2v) is 5.88. The Morgan fingerprint density at radius 3 is 2.87 bits per heavy atom. The predicted molar refractivity (Wildman–Crippen MR) is 93.8 cm³/mol. The molecule has 0 spiro atoms. The van der Waals surface area contributed by atoms with E-state index in [2.05, 4.69) is 46.8 Å². The van der Waals surface area contributed by atoms with Crippen molar-refractivity contribution in [2.75, 3.05) is 33.4 Å². The molecule has 0 radical (unpaired) electrons. The number of ether oxygens (including phenoxy) is 2. The molecule has 0 atom stereocenters. The van der Waals surface area contributed by atoms with Gasteiger partial charge in [0.2, 0.25) is 0 Å². The molecule has 2 N–H and O–H groups in total. The van der Waals surface area contributed by atoms with E-state index in [4.69, 9.17) is 9.47 Å². The van der Waals surface area contributed by atoms with Crippen molar-refractivity contribution in [2.24, 2.45) is 4.99 Å². The number of rotatable bonds is 7. The minimum absolute atomic E-state index is 0.377. The number of aryl methyl sites for hydroxylation is 1. The van der Waals surface area contributed by atoms with Crippen LogP contribution in [0.4, 0.5) is 0 Å². The van der Waals surface area contributed by atoms with Gasteiger partial charge in [-0.2, -0.15) is 0 Å². The standard InChI is InChI=1S/C18H29N3O2/c1-15-5-3-6-16(13-15)14-21-18(19-2)20-9-4-10-23-17-7-11-22-12-8-17/h3,5-6,13,17H,4,7-12,14H2,1-2H3,(H2,19,20,21). The van der Waals surface area contributed by atoms with Gasteiger partial charge in [0.25, 0.3) is 0 Å². The first-order valence-corrected chi connectivity index (χ1v) is 8.47. The van der Waals surface area contributed by atoms with E-state index in [1.54, 1.807) is 7.05 Å². The van der Waals surface area contributed by atoms with Gasteiger partial charge in [-0.15, -0.1) is 0 Å². The molecule has 1 aromatic rings. The van der Waals surface area contributed by atoms with Crippen molar-refractivity contribution < 1.29 is 9.47 Å². The highest BCUT2D eigenvalue weighted by atomic mass is 16.5. The predicted octanol–water partition coefficient (Wildman–Crippen LogP) is 2.25. The van der Waals surface area contributed by atoms with E-state index in [1.165, 1.54) is 11.1 Å². The molecule has 1 aliphatic heterocycles. The molecule has 0 bridgehead atoms. The number of nitrogens with zero attached hydrogens (tertiary/aromatic N) is 1. The highest BCUT2D eigenvalue weighted by molar-refractivity contribution is 5.79. The summed E-state index contributed by atoms with van der Waals surface area (Å²) >= 11 is 0. The second kappa shape index (κ2) is 10.2. The molecule has 1 aromatic carbocycles. The first kappa shape index (κ1) is 17.8. The lowest BCUT2D eigenvalue weighted by molar-refractivity contribution is -0.0320. The van der Waals surface area contributed by atoms with Crippen molar-refractivity contribution in [2.45, 2.75) is 38.8 Å². The van der Waals surface area contributed by atoms with Crippen LogP contribution < -0.4 is 10.6 Å². The highest BCUT2D eigenvalue weighted by Crippen LogP contribution is 2.10. The number of benzene rings is 1. The van der Waals surface area contributed by atoms with Gasteiger partial charge in [-0.05, 0) is 31.7 Å². The average molecular weight is 319 g/mol. The molecule has 0 saturated carbocycles. The Hall–Kier alpha value is -1.59. The zero-order chi connectivity index (χ0) is 16.3. The third kappa shape index (κ3) is 7.01. The molecule has 128 valence electrons. The summed E-state index contributed by atoms with van der Waals surface area (Å²) in [5.41, 5.74) is 2.54. The Bertz CT molecular complexity index is 485. The van der Waals surface area contributed by atoms with Crippen molar-refractivity contribution in [3.63, 3.8) is 0 Å². The van der Waals surface area contributed by atoms with Gasteiger partial charge < -0.3 is 20.1 Å². The molecule has 0 amide bonds. The second-order valence-electron chi connectivity index (χ2n) is 5.88. The summed E-state index contributed by atoms with van der Waals surface area (Å²) in [5, 5.41) is 6.66. The van der Waals surface area contributed by atoms with Crippen molar-refractivity contribution in [3.05, 3.63) is 35.4 Å². The lowest BCUT2D eigenvalue weighted by Gasteiger charge is -2.22. The van der Waals surface area contributed by atoms with E-state index < -0.39 is 0 Å². The van der Waals surface area contributed by atoms with Gasteiger partial charge in [-0.1, -0.05) is 29.8 Å². The molecule has 0 aromatic heterocycles. The molecule has 0 aliphatic carbocycles. The summed E-state index contributed by atoms with van der Waals surface area (Å²) in [6.45, 7) is 6.19. The van der Waals surface area contributed by atoms with Crippen LogP contribution in [-0.2, 0) is 16.0 Å². The fourth-order valence-corrected chi connectivity index (χ4v) is 2.60. The van der Waals surface area contributed by atoms with Crippen molar-refractivity contribution >= 4 is 5.96 Å². The molecule has 5 heteroatoms. The maximum Gasteiger partial charge on any atom is 0.191 e. The van der Waals surface area contributed by atoms with Crippen LogP contribution in [0.1, 0.15) is 30.4 Å². The summed E-state index contributed by atoms with van der Waals surface area (Å²) in [6.07, 6.45) is 3.39. The fourth-order valence-electron chi connectivity index (χ4n) is 2.60. The van der Waals surface area contributed by atoms with Gasteiger partial charge in [-0.3, -0.25) is 4.99 Å². The Morgan fingerprint density at radius 2 is 2.13 bits per heavy atom. The van der Waals surface area contributed by atoms with E-state index in [9.17, 15) is 0 Å². The molecule has 1 aliphatic rings. The van der Waals surface area contributed by atoms with Gasteiger partial charge in [0.15, 0.2) is 5.96 Å². The summed E-state index contributed by atoms with van der Waals surface area (Å²) < 4.78 is 11.2. The van der Waals surface area contributed by atoms with Crippen LogP contribution in [0.3, 0.4) is 0 Å². The monoisotopic (exact) mass is 319 g/mol. The van der Waals surface area contributed by atoms with Gasteiger partial charge >= 0.3 is 0 Å².